The molecule has 140 valence electrons. The lowest BCUT2D eigenvalue weighted by atomic mass is 9.73. The third-order valence-corrected chi connectivity index (χ3v) is 4.98. The second kappa shape index (κ2) is 10.8. The summed E-state index contributed by atoms with van der Waals surface area (Å²) in [6.45, 7) is 13.6. The smallest absolute Gasteiger partial charge is 0.179 e. The number of rotatable bonds is 13. The lowest BCUT2D eigenvalue weighted by Crippen LogP contribution is -2.60. The highest BCUT2D eigenvalue weighted by Gasteiger charge is 2.52. The Hall–Kier alpha value is -0.970. The number of unbranched alkanes of at least 4 members (excludes halogenated alkanes) is 1. The lowest BCUT2D eigenvalue weighted by molar-refractivity contribution is -0.161. The van der Waals surface area contributed by atoms with Crippen LogP contribution in [-0.2, 0) is 9.53 Å². The summed E-state index contributed by atoms with van der Waals surface area (Å²) in [5, 5.41) is 22.0. The minimum Gasteiger partial charge on any atom is -0.378 e. The molecule has 3 atom stereocenters. The van der Waals surface area contributed by atoms with Gasteiger partial charge in [-0.1, -0.05) is 52.7 Å². The fourth-order valence-corrected chi connectivity index (χ4v) is 2.89. The molecule has 0 aliphatic heterocycles. The van der Waals surface area contributed by atoms with Gasteiger partial charge in [0.2, 0.25) is 0 Å². The molecule has 0 amide bonds. The zero-order valence-corrected chi connectivity index (χ0v) is 16.1. The zero-order valence-electron chi connectivity index (χ0n) is 16.1. The minimum absolute atomic E-state index is 0.250. The molecular weight excluding hydrogens is 304 g/mol. The average Bonchev–Trinajstić information content (AvgIpc) is 2.61. The van der Waals surface area contributed by atoms with Gasteiger partial charge in [0.25, 0.3) is 0 Å². The van der Waals surface area contributed by atoms with Crippen LogP contribution in [0.15, 0.2) is 23.8 Å². The van der Waals surface area contributed by atoms with Crippen molar-refractivity contribution in [1.82, 2.24) is 0 Å². The molecule has 0 radical (unpaired) electrons. The quantitative estimate of drug-likeness (QED) is 0.395. The molecular formula is C20H36O4. The van der Waals surface area contributed by atoms with Crippen molar-refractivity contribution in [2.24, 2.45) is 5.92 Å². The Morgan fingerprint density at radius 1 is 1.29 bits per heavy atom. The molecule has 0 spiro atoms. The van der Waals surface area contributed by atoms with Crippen molar-refractivity contribution in [2.45, 2.75) is 77.9 Å². The summed E-state index contributed by atoms with van der Waals surface area (Å²) in [5.74, 6) is 0.395. The third kappa shape index (κ3) is 5.27. The number of carbonyl (C=O) groups excluding carboxylic acids is 1. The van der Waals surface area contributed by atoms with Crippen LogP contribution in [0.1, 0.15) is 66.7 Å². The van der Waals surface area contributed by atoms with Crippen molar-refractivity contribution in [2.75, 3.05) is 13.2 Å². The molecule has 0 saturated carbocycles. The van der Waals surface area contributed by atoms with E-state index in [0.717, 1.165) is 25.7 Å². The van der Waals surface area contributed by atoms with Crippen molar-refractivity contribution in [3.05, 3.63) is 23.8 Å². The number of hydrogen-bond acceptors (Lipinski definition) is 4. The summed E-state index contributed by atoms with van der Waals surface area (Å²) < 4.78 is 5.67. The van der Waals surface area contributed by atoms with E-state index in [1.54, 1.807) is 19.9 Å². The first-order chi connectivity index (χ1) is 11.3. The number of aldehydes is 1. The molecule has 2 N–H and O–H groups in total. The van der Waals surface area contributed by atoms with Crippen molar-refractivity contribution in [3.63, 3.8) is 0 Å². The summed E-state index contributed by atoms with van der Waals surface area (Å²) >= 11 is 0. The molecule has 0 rings (SSSR count). The summed E-state index contributed by atoms with van der Waals surface area (Å²) in [6, 6.07) is 0. The number of aliphatic hydroxyl groups is 2. The standard InChI is InChI=1S/C20H36O4/c1-7-11-12-18(10-4)13-24-15-19(22,14-21)20(23,16(5)8-2)17(6)9-3/h9,14,18,22-23H,5,7-8,10-13,15H2,1-4,6H3. The van der Waals surface area contributed by atoms with E-state index >= 15 is 0 Å². The van der Waals surface area contributed by atoms with Crippen LogP contribution in [0, 0.1) is 5.92 Å². The largest absolute Gasteiger partial charge is 0.378 e. The van der Waals surface area contributed by atoms with Gasteiger partial charge in [-0.3, -0.25) is 4.79 Å². The Bertz CT molecular complexity index is 429. The predicted octanol–water partition coefficient (Wildman–Crippen LogP) is 3.81. The summed E-state index contributed by atoms with van der Waals surface area (Å²) in [4.78, 5) is 11.7. The summed E-state index contributed by atoms with van der Waals surface area (Å²) in [6.07, 6.45) is 6.83. The first kappa shape index (κ1) is 23.0. The molecule has 0 fully saturated rings. The molecule has 0 aliphatic carbocycles. The van der Waals surface area contributed by atoms with Gasteiger partial charge in [0.1, 0.15) is 5.60 Å². The highest BCUT2D eigenvalue weighted by Crippen LogP contribution is 2.36. The van der Waals surface area contributed by atoms with Crippen LogP contribution < -0.4 is 0 Å². The van der Waals surface area contributed by atoms with Crippen LogP contribution in [-0.4, -0.2) is 40.9 Å². The molecule has 0 aromatic carbocycles. The maximum atomic E-state index is 11.7. The third-order valence-electron chi connectivity index (χ3n) is 4.98. The van der Waals surface area contributed by atoms with Crippen LogP contribution >= 0.6 is 0 Å². The summed E-state index contributed by atoms with van der Waals surface area (Å²) in [7, 11) is 0. The van der Waals surface area contributed by atoms with Gasteiger partial charge in [0, 0.05) is 6.61 Å². The number of hydrogen-bond donors (Lipinski definition) is 2. The van der Waals surface area contributed by atoms with Crippen molar-refractivity contribution in [1.29, 1.82) is 0 Å². The topological polar surface area (TPSA) is 66.8 Å². The highest BCUT2D eigenvalue weighted by molar-refractivity contribution is 5.69. The van der Waals surface area contributed by atoms with Gasteiger partial charge in [0.15, 0.2) is 11.9 Å². The van der Waals surface area contributed by atoms with Crippen LogP contribution in [0.4, 0.5) is 0 Å². The van der Waals surface area contributed by atoms with E-state index in [-0.39, 0.29) is 6.61 Å². The first-order valence-corrected chi connectivity index (χ1v) is 9.07. The molecule has 0 aliphatic rings. The normalized spacial score (nSPS) is 18.5. The molecule has 4 heteroatoms. The van der Waals surface area contributed by atoms with E-state index in [0.29, 0.717) is 36.4 Å². The van der Waals surface area contributed by atoms with Crippen LogP contribution in [0.3, 0.4) is 0 Å². The van der Waals surface area contributed by atoms with Gasteiger partial charge in [-0.2, -0.15) is 0 Å². The fraction of sp³-hybridized carbons (Fsp3) is 0.750. The molecule has 0 heterocycles. The Kier molecular flexibility index (Phi) is 10.4. The Morgan fingerprint density at radius 3 is 2.33 bits per heavy atom. The van der Waals surface area contributed by atoms with Crippen LogP contribution in [0.5, 0.6) is 0 Å². The molecule has 24 heavy (non-hydrogen) atoms. The Balaban J connectivity index is 5.22. The molecule has 3 unspecified atom stereocenters. The SMILES string of the molecule is C=C(CC)C(O)(C(C)=CC)C(O)(C=O)COCC(CC)CCCC. The lowest BCUT2D eigenvalue weighted by Gasteiger charge is -2.42. The van der Waals surface area contributed by atoms with Gasteiger partial charge >= 0.3 is 0 Å². The van der Waals surface area contributed by atoms with E-state index in [2.05, 4.69) is 20.4 Å². The second-order valence-corrected chi connectivity index (χ2v) is 6.61. The monoisotopic (exact) mass is 340 g/mol. The van der Waals surface area contributed by atoms with Crippen molar-refractivity contribution in [3.8, 4) is 0 Å². The first-order valence-electron chi connectivity index (χ1n) is 9.07. The molecule has 0 bridgehead atoms. The van der Waals surface area contributed by atoms with Gasteiger partial charge in [-0.05, 0) is 43.8 Å². The maximum absolute atomic E-state index is 11.7. The number of ether oxygens (including phenoxy) is 1. The average molecular weight is 341 g/mol. The molecule has 0 aromatic heterocycles. The highest BCUT2D eigenvalue weighted by atomic mass is 16.5. The van der Waals surface area contributed by atoms with E-state index in [1.807, 2.05) is 6.92 Å². The van der Waals surface area contributed by atoms with Crippen LogP contribution in [0.2, 0.25) is 0 Å². The molecule has 0 aromatic rings. The number of allylic oxidation sites excluding steroid dienone is 1. The fourth-order valence-electron chi connectivity index (χ4n) is 2.89. The van der Waals surface area contributed by atoms with E-state index in [4.69, 9.17) is 4.74 Å². The molecule has 0 saturated heterocycles. The van der Waals surface area contributed by atoms with Gasteiger partial charge in [0.05, 0.1) is 6.61 Å². The van der Waals surface area contributed by atoms with E-state index in [1.165, 1.54) is 0 Å². The second-order valence-electron chi connectivity index (χ2n) is 6.61. The Labute approximate surface area is 147 Å². The number of carbonyl (C=O) groups is 1. The van der Waals surface area contributed by atoms with Gasteiger partial charge in [-0.25, -0.2) is 0 Å². The van der Waals surface area contributed by atoms with Gasteiger partial charge in [-0.15, -0.1) is 0 Å². The predicted molar refractivity (Wildman–Crippen MR) is 99.0 cm³/mol. The van der Waals surface area contributed by atoms with Crippen LogP contribution in [0.25, 0.3) is 0 Å². The van der Waals surface area contributed by atoms with E-state index in [9.17, 15) is 15.0 Å². The summed E-state index contributed by atoms with van der Waals surface area (Å²) in [5.41, 5.74) is -2.97. The zero-order chi connectivity index (χ0) is 18.8. The molecule has 4 nitrogen and oxygen atoms in total. The van der Waals surface area contributed by atoms with Crippen molar-refractivity contribution >= 4 is 6.29 Å². The van der Waals surface area contributed by atoms with E-state index < -0.39 is 11.2 Å². The minimum atomic E-state index is -2.04. The Morgan fingerprint density at radius 2 is 1.92 bits per heavy atom. The van der Waals surface area contributed by atoms with Crippen molar-refractivity contribution < 1.29 is 19.7 Å². The van der Waals surface area contributed by atoms with Gasteiger partial charge < -0.3 is 14.9 Å². The maximum Gasteiger partial charge on any atom is 0.179 e.